The highest BCUT2D eigenvalue weighted by atomic mass is 32.2. The Balaban J connectivity index is 2.45. The summed E-state index contributed by atoms with van der Waals surface area (Å²) in [5.41, 5.74) is 0. The van der Waals surface area contributed by atoms with Crippen molar-refractivity contribution in [2.45, 2.75) is 57.7 Å². The van der Waals surface area contributed by atoms with Crippen LogP contribution in [0, 0.1) is 0 Å². The topological polar surface area (TPSA) is 85.8 Å². The molecule has 3 N–H and O–H groups in total. The molecule has 0 aliphatic rings. The van der Waals surface area contributed by atoms with Crippen LogP contribution in [0.3, 0.4) is 0 Å². The third-order valence-electron chi connectivity index (χ3n) is 2.84. The lowest BCUT2D eigenvalue weighted by Crippen LogP contribution is -2.33. The third-order valence-corrected chi connectivity index (χ3v) is 3.78. The Kier molecular flexibility index (Phi) is 6.69. The van der Waals surface area contributed by atoms with E-state index in [1.54, 1.807) is 0 Å². The maximum absolute atomic E-state index is 11.6. The fraction of sp³-hybridized carbons (Fsp3) is 0.750. The van der Waals surface area contributed by atoms with Crippen molar-refractivity contribution in [3.8, 4) is 0 Å². The Morgan fingerprint density at radius 1 is 1.47 bits per heavy atom. The second kappa shape index (κ2) is 8.04. The predicted octanol–water partition coefficient (Wildman–Crippen LogP) is 1.34. The molecule has 6 nitrogen and oxygen atoms in total. The first-order valence-electron chi connectivity index (χ1n) is 6.70. The van der Waals surface area contributed by atoms with E-state index in [0.717, 1.165) is 31.5 Å². The third kappa shape index (κ3) is 5.10. The Labute approximate surface area is 118 Å². The highest BCUT2D eigenvalue weighted by Gasteiger charge is 2.12. The number of amides is 1. The van der Waals surface area contributed by atoms with Crippen LogP contribution in [-0.4, -0.2) is 32.6 Å². The van der Waals surface area contributed by atoms with E-state index in [2.05, 4.69) is 22.4 Å². The van der Waals surface area contributed by atoms with Crippen LogP contribution in [0.5, 0.6) is 0 Å². The number of aryl methyl sites for hydroxylation is 1. The van der Waals surface area contributed by atoms with E-state index in [-0.39, 0.29) is 11.9 Å². The van der Waals surface area contributed by atoms with E-state index in [9.17, 15) is 4.79 Å². The van der Waals surface area contributed by atoms with E-state index in [1.807, 2.05) is 13.8 Å². The summed E-state index contributed by atoms with van der Waals surface area (Å²) < 4.78 is 1.48. The average molecular weight is 285 g/mol. The summed E-state index contributed by atoms with van der Waals surface area (Å²) >= 11 is 1.31. The van der Waals surface area contributed by atoms with Crippen molar-refractivity contribution in [1.29, 1.82) is 0 Å². The minimum atomic E-state index is -0.00235. The molecule has 1 atom stereocenters. The van der Waals surface area contributed by atoms with Crippen LogP contribution in [0.25, 0.3) is 0 Å². The molecule has 1 heterocycles. The van der Waals surface area contributed by atoms with Gasteiger partial charge >= 0.3 is 0 Å². The van der Waals surface area contributed by atoms with Gasteiger partial charge in [0.15, 0.2) is 5.82 Å². The van der Waals surface area contributed by atoms with Crippen molar-refractivity contribution < 1.29 is 4.79 Å². The number of nitrogen functional groups attached to an aromatic ring is 1. The number of thioether (sulfide) groups is 1. The van der Waals surface area contributed by atoms with Crippen LogP contribution in [0.1, 0.15) is 45.9 Å². The smallest absolute Gasteiger partial charge is 0.230 e. The zero-order valence-electron chi connectivity index (χ0n) is 11.8. The molecular formula is C12H23N5OS. The van der Waals surface area contributed by atoms with Gasteiger partial charge in [0.25, 0.3) is 0 Å². The minimum absolute atomic E-state index is 0.00235. The molecule has 0 radical (unpaired) electrons. The average Bonchev–Trinajstić information content (AvgIpc) is 2.74. The van der Waals surface area contributed by atoms with Gasteiger partial charge in [0, 0.05) is 12.5 Å². The molecule has 0 saturated heterocycles. The molecule has 0 spiro atoms. The monoisotopic (exact) mass is 285 g/mol. The Morgan fingerprint density at radius 3 is 2.84 bits per heavy atom. The number of unbranched alkanes of at least 4 members (excludes halogenated alkanes) is 1. The standard InChI is InChI=1S/C12H23N5OS/c1-4-6-7-10-15-16-12(17(10)13)19-8-11(18)14-9(3)5-2/h9H,4-8,13H2,1-3H3,(H,14,18). The molecule has 0 aliphatic heterocycles. The second-order valence-electron chi connectivity index (χ2n) is 4.54. The molecular weight excluding hydrogens is 262 g/mol. The van der Waals surface area contributed by atoms with E-state index in [1.165, 1.54) is 16.4 Å². The van der Waals surface area contributed by atoms with E-state index in [4.69, 9.17) is 5.84 Å². The van der Waals surface area contributed by atoms with Crippen LogP contribution in [0.15, 0.2) is 5.16 Å². The maximum Gasteiger partial charge on any atom is 0.230 e. The van der Waals surface area contributed by atoms with Gasteiger partial charge in [0.2, 0.25) is 11.1 Å². The highest BCUT2D eigenvalue weighted by molar-refractivity contribution is 7.99. The van der Waals surface area contributed by atoms with E-state index in [0.29, 0.717) is 10.9 Å². The lowest BCUT2D eigenvalue weighted by Gasteiger charge is -2.10. The number of hydrogen-bond acceptors (Lipinski definition) is 5. The van der Waals surface area contributed by atoms with Gasteiger partial charge in [-0.15, -0.1) is 10.2 Å². The first-order valence-corrected chi connectivity index (χ1v) is 7.68. The molecule has 1 aromatic rings. The van der Waals surface area contributed by atoms with Gasteiger partial charge in [0.05, 0.1) is 5.75 Å². The number of carbonyl (C=O) groups excluding carboxylic acids is 1. The van der Waals surface area contributed by atoms with Gasteiger partial charge in [-0.1, -0.05) is 32.0 Å². The molecule has 0 fully saturated rings. The summed E-state index contributed by atoms with van der Waals surface area (Å²) in [7, 11) is 0. The quantitative estimate of drug-likeness (QED) is 0.556. The summed E-state index contributed by atoms with van der Waals surface area (Å²) in [4.78, 5) is 11.6. The molecule has 0 bridgehead atoms. The summed E-state index contributed by atoms with van der Waals surface area (Å²) in [5, 5.41) is 11.5. The van der Waals surface area contributed by atoms with Gasteiger partial charge in [-0.2, -0.15) is 0 Å². The molecule has 7 heteroatoms. The maximum atomic E-state index is 11.6. The SMILES string of the molecule is CCCCc1nnc(SCC(=O)NC(C)CC)n1N. The zero-order valence-corrected chi connectivity index (χ0v) is 12.7. The van der Waals surface area contributed by atoms with Crippen LogP contribution in [-0.2, 0) is 11.2 Å². The van der Waals surface area contributed by atoms with Crippen molar-refractivity contribution in [2.75, 3.05) is 11.6 Å². The van der Waals surface area contributed by atoms with E-state index >= 15 is 0 Å². The van der Waals surface area contributed by atoms with Crippen LogP contribution >= 0.6 is 11.8 Å². The largest absolute Gasteiger partial charge is 0.353 e. The molecule has 1 aromatic heterocycles. The molecule has 108 valence electrons. The van der Waals surface area contributed by atoms with E-state index < -0.39 is 0 Å². The summed E-state index contributed by atoms with van der Waals surface area (Å²) in [6.07, 6.45) is 3.87. The van der Waals surface area contributed by atoms with Crippen molar-refractivity contribution in [1.82, 2.24) is 20.2 Å². The molecule has 0 saturated carbocycles. The van der Waals surface area contributed by atoms with Gasteiger partial charge in [-0.05, 0) is 19.8 Å². The van der Waals surface area contributed by atoms with Crippen molar-refractivity contribution in [3.05, 3.63) is 5.82 Å². The molecule has 1 unspecified atom stereocenters. The van der Waals surface area contributed by atoms with Crippen LogP contribution in [0.4, 0.5) is 0 Å². The number of nitrogens with zero attached hydrogens (tertiary/aromatic N) is 3. The highest BCUT2D eigenvalue weighted by Crippen LogP contribution is 2.15. The van der Waals surface area contributed by atoms with Gasteiger partial charge in [-0.25, -0.2) is 4.68 Å². The Hall–Kier alpha value is -1.24. The van der Waals surface area contributed by atoms with Gasteiger partial charge in [-0.3, -0.25) is 4.79 Å². The number of rotatable bonds is 8. The first kappa shape index (κ1) is 15.8. The molecule has 19 heavy (non-hydrogen) atoms. The van der Waals surface area contributed by atoms with Gasteiger partial charge < -0.3 is 11.2 Å². The normalized spacial score (nSPS) is 12.4. The van der Waals surface area contributed by atoms with Gasteiger partial charge in [0.1, 0.15) is 0 Å². The number of carbonyl (C=O) groups is 1. The Bertz CT molecular complexity index is 407. The first-order chi connectivity index (χ1) is 9.08. The van der Waals surface area contributed by atoms with Crippen LogP contribution in [0.2, 0.25) is 0 Å². The fourth-order valence-electron chi connectivity index (χ4n) is 1.46. The molecule has 0 aromatic carbocycles. The predicted molar refractivity (Wildman–Crippen MR) is 77.4 cm³/mol. The fourth-order valence-corrected chi connectivity index (χ4v) is 2.15. The number of nitrogens with one attached hydrogen (secondary N) is 1. The van der Waals surface area contributed by atoms with Crippen LogP contribution < -0.4 is 11.2 Å². The molecule has 0 aliphatic carbocycles. The van der Waals surface area contributed by atoms with Crippen molar-refractivity contribution in [3.63, 3.8) is 0 Å². The zero-order chi connectivity index (χ0) is 14.3. The summed E-state index contributed by atoms with van der Waals surface area (Å²) in [5.74, 6) is 6.98. The summed E-state index contributed by atoms with van der Waals surface area (Å²) in [6, 6.07) is 0.198. The molecule has 1 amide bonds. The van der Waals surface area contributed by atoms with Crippen molar-refractivity contribution >= 4 is 17.7 Å². The second-order valence-corrected chi connectivity index (χ2v) is 5.48. The lowest BCUT2D eigenvalue weighted by molar-refractivity contribution is -0.119. The van der Waals surface area contributed by atoms with Crippen molar-refractivity contribution in [2.24, 2.45) is 0 Å². The number of hydrogen-bond donors (Lipinski definition) is 2. The number of aromatic nitrogens is 3. The molecule has 1 rings (SSSR count). The lowest BCUT2D eigenvalue weighted by atomic mass is 10.2. The summed E-state index contributed by atoms with van der Waals surface area (Å²) in [6.45, 7) is 6.14. The Morgan fingerprint density at radius 2 is 2.21 bits per heavy atom. The number of nitrogens with two attached hydrogens (primary N) is 1. The minimum Gasteiger partial charge on any atom is -0.353 e.